The summed E-state index contributed by atoms with van der Waals surface area (Å²) in [5, 5.41) is 9.73. The maximum absolute atomic E-state index is 15.0. The average molecular weight is 516 g/mol. The lowest BCUT2D eigenvalue weighted by atomic mass is 9.97. The van der Waals surface area contributed by atoms with E-state index in [-0.39, 0.29) is 31.1 Å². The van der Waals surface area contributed by atoms with Crippen molar-refractivity contribution in [2.75, 3.05) is 53.1 Å². The van der Waals surface area contributed by atoms with Gasteiger partial charge in [0.2, 0.25) is 5.88 Å². The zero-order valence-electron chi connectivity index (χ0n) is 20.3. The minimum absolute atomic E-state index is 0.0268. The van der Waals surface area contributed by atoms with Crippen LogP contribution in [-0.2, 0) is 25.8 Å². The zero-order chi connectivity index (χ0) is 26.7. The van der Waals surface area contributed by atoms with Gasteiger partial charge in [-0.05, 0) is 24.5 Å². The van der Waals surface area contributed by atoms with Crippen molar-refractivity contribution in [1.82, 2.24) is 4.98 Å². The highest BCUT2D eigenvalue weighted by Crippen LogP contribution is 2.50. The predicted molar refractivity (Wildman–Crippen MR) is 121 cm³/mol. The van der Waals surface area contributed by atoms with Crippen LogP contribution in [0.25, 0.3) is 0 Å². The third-order valence-electron chi connectivity index (χ3n) is 6.18. The molecule has 3 rings (SSSR count). The van der Waals surface area contributed by atoms with E-state index in [9.17, 15) is 23.1 Å². The van der Waals surface area contributed by atoms with Crippen LogP contribution in [0.4, 0.5) is 23.2 Å². The third kappa shape index (κ3) is 5.88. The third-order valence-corrected chi connectivity index (χ3v) is 6.18. The second-order valence-electron chi connectivity index (χ2n) is 8.67. The van der Waals surface area contributed by atoms with Crippen LogP contribution in [0.3, 0.4) is 0 Å². The quantitative estimate of drug-likeness (QED) is 0.413. The Labute approximate surface area is 205 Å². The molecule has 1 saturated carbocycles. The van der Waals surface area contributed by atoms with E-state index in [0.29, 0.717) is 18.4 Å². The maximum atomic E-state index is 15.0. The lowest BCUT2D eigenvalue weighted by molar-refractivity contribution is -0.139. The number of carboxylic acids is 1. The number of hydrogen-bond acceptors (Lipinski definition) is 7. The fourth-order valence-electron chi connectivity index (χ4n) is 4.01. The maximum Gasteiger partial charge on any atom is 0.421 e. The molecule has 12 heteroatoms. The van der Waals surface area contributed by atoms with Gasteiger partial charge in [0.05, 0.1) is 37.1 Å². The van der Waals surface area contributed by atoms with Gasteiger partial charge in [-0.1, -0.05) is 0 Å². The molecule has 0 spiro atoms. The van der Waals surface area contributed by atoms with Gasteiger partial charge in [0.15, 0.2) is 11.6 Å². The first kappa shape index (κ1) is 27.6. The summed E-state index contributed by atoms with van der Waals surface area (Å²) in [6.45, 7) is 0.545. The molecule has 1 aromatic carbocycles. The van der Waals surface area contributed by atoms with Crippen molar-refractivity contribution in [3.05, 3.63) is 46.9 Å². The molecule has 0 saturated heterocycles. The number of aromatic nitrogens is 1. The SMILES string of the molecule is COCC(COC)N(C)c1cc(F)c(Oc2ncc(C3(COC)CC3)cc2C(F)(F)F)cc1C(=O)O. The number of anilines is 1. The molecule has 1 aliphatic rings. The molecule has 1 aliphatic carbocycles. The lowest BCUT2D eigenvalue weighted by Crippen LogP contribution is -2.39. The molecule has 0 radical (unpaired) electrons. The lowest BCUT2D eigenvalue weighted by Gasteiger charge is -2.30. The highest BCUT2D eigenvalue weighted by Gasteiger charge is 2.46. The summed E-state index contributed by atoms with van der Waals surface area (Å²) in [7, 11) is 5.89. The molecular weight excluding hydrogens is 488 g/mol. The standard InChI is InChI=1S/C24H28F4N2O6/c1-30(15(11-33-2)12-34-3)19-9-18(25)20(8-16(19)22(31)32)36-21-17(24(26,27)28)7-14(10-29-21)23(5-6-23)13-35-4/h7-10,15H,5-6,11-13H2,1-4H3,(H,31,32). The highest BCUT2D eigenvalue weighted by atomic mass is 19.4. The van der Waals surface area contributed by atoms with Crippen LogP contribution in [0.2, 0.25) is 0 Å². The minimum Gasteiger partial charge on any atom is -0.478 e. The van der Waals surface area contributed by atoms with Gasteiger partial charge in [-0.25, -0.2) is 14.2 Å². The molecule has 0 bridgehead atoms. The Bertz CT molecular complexity index is 1090. The predicted octanol–water partition coefficient (Wildman–Crippen LogP) is 4.51. The Hall–Kier alpha value is -2.96. The van der Waals surface area contributed by atoms with E-state index in [2.05, 4.69) is 4.98 Å². The van der Waals surface area contributed by atoms with Crippen LogP contribution in [0, 0.1) is 5.82 Å². The molecule has 8 nitrogen and oxygen atoms in total. The molecular formula is C24H28F4N2O6. The van der Waals surface area contributed by atoms with Crippen molar-refractivity contribution in [2.45, 2.75) is 30.5 Å². The summed E-state index contributed by atoms with van der Waals surface area (Å²) in [6.07, 6.45) is -2.30. The van der Waals surface area contributed by atoms with Gasteiger partial charge in [0.25, 0.3) is 0 Å². The van der Waals surface area contributed by atoms with Crippen LogP contribution in [-0.4, -0.2) is 70.3 Å². The van der Waals surface area contributed by atoms with Gasteiger partial charge < -0.3 is 29.0 Å². The number of aromatic carboxylic acids is 1. The summed E-state index contributed by atoms with van der Waals surface area (Å²) in [4.78, 5) is 17.2. The summed E-state index contributed by atoms with van der Waals surface area (Å²) in [5.74, 6) is -4.08. The van der Waals surface area contributed by atoms with Gasteiger partial charge in [-0.2, -0.15) is 13.2 Å². The van der Waals surface area contributed by atoms with Gasteiger partial charge in [0.1, 0.15) is 5.56 Å². The van der Waals surface area contributed by atoms with E-state index in [1.807, 2.05) is 0 Å². The molecule has 1 aromatic heterocycles. The number of rotatable bonds is 12. The fourth-order valence-corrected chi connectivity index (χ4v) is 4.01. The van der Waals surface area contributed by atoms with Gasteiger partial charge in [-0.15, -0.1) is 0 Å². The fraction of sp³-hybridized carbons (Fsp3) is 0.500. The second kappa shape index (κ2) is 11.0. The number of nitrogens with zero attached hydrogens (tertiary/aromatic N) is 2. The van der Waals surface area contributed by atoms with E-state index in [0.717, 1.165) is 18.2 Å². The second-order valence-corrected chi connectivity index (χ2v) is 8.67. The van der Waals surface area contributed by atoms with Crippen LogP contribution < -0.4 is 9.64 Å². The van der Waals surface area contributed by atoms with Crippen molar-refractivity contribution in [1.29, 1.82) is 0 Å². The van der Waals surface area contributed by atoms with Gasteiger partial charge >= 0.3 is 12.1 Å². The summed E-state index contributed by atoms with van der Waals surface area (Å²) in [6, 6.07) is 2.18. The van der Waals surface area contributed by atoms with Crippen LogP contribution in [0.15, 0.2) is 24.4 Å². The summed E-state index contributed by atoms with van der Waals surface area (Å²) < 4.78 is 77.3. The van der Waals surface area contributed by atoms with E-state index < -0.39 is 46.6 Å². The first-order valence-electron chi connectivity index (χ1n) is 11.0. The van der Waals surface area contributed by atoms with Crippen LogP contribution in [0.5, 0.6) is 11.6 Å². The Kier molecular flexibility index (Phi) is 8.42. The van der Waals surface area contributed by atoms with Crippen LogP contribution >= 0.6 is 0 Å². The molecule has 1 fully saturated rings. The average Bonchev–Trinajstić information content (AvgIpc) is 3.59. The number of alkyl halides is 3. The van der Waals surface area contributed by atoms with E-state index >= 15 is 4.39 Å². The minimum atomic E-state index is -4.85. The first-order valence-corrected chi connectivity index (χ1v) is 11.0. The molecule has 0 aliphatic heterocycles. The Morgan fingerprint density at radius 3 is 2.28 bits per heavy atom. The molecule has 1 N–H and O–H groups in total. The number of likely N-dealkylation sites (N-methyl/N-ethyl adjacent to an activating group) is 1. The van der Waals surface area contributed by atoms with E-state index in [1.165, 1.54) is 39.5 Å². The summed E-state index contributed by atoms with van der Waals surface area (Å²) in [5.41, 5.74) is -1.81. The van der Waals surface area contributed by atoms with Crippen molar-refractivity contribution in [3.63, 3.8) is 0 Å². The van der Waals surface area contributed by atoms with E-state index in [1.54, 1.807) is 0 Å². The Balaban J connectivity index is 2.01. The Morgan fingerprint density at radius 2 is 1.78 bits per heavy atom. The first-order chi connectivity index (χ1) is 17.0. The van der Waals surface area contributed by atoms with Crippen molar-refractivity contribution < 1.29 is 46.4 Å². The number of methoxy groups -OCH3 is 3. The number of ether oxygens (including phenoxy) is 4. The number of halogens is 4. The molecule has 198 valence electrons. The van der Waals surface area contributed by atoms with Crippen molar-refractivity contribution >= 4 is 11.7 Å². The number of hydrogen-bond donors (Lipinski definition) is 1. The van der Waals surface area contributed by atoms with Crippen molar-refractivity contribution in [3.8, 4) is 11.6 Å². The monoisotopic (exact) mass is 516 g/mol. The van der Waals surface area contributed by atoms with Gasteiger partial charge in [-0.3, -0.25) is 0 Å². The molecule has 36 heavy (non-hydrogen) atoms. The number of benzene rings is 1. The van der Waals surface area contributed by atoms with Gasteiger partial charge in [0, 0.05) is 52.1 Å². The number of carboxylic acid groups (broad SMARTS) is 1. The molecule has 0 amide bonds. The Morgan fingerprint density at radius 1 is 1.14 bits per heavy atom. The normalized spacial score (nSPS) is 14.7. The topological polar surface area (TPSA) is 90.4 Å². The molecule has 2 aromatic rings. The summed E-state index contributed by atoms with van der Waals surface area (Å²) >= 11 is 0. The number of pyridine rings is 1. The molecule has 0 unspecified atom stereocenters. The van der Waals surface area contributed by atoms with Crippen LogP contribution in [0.1, 0.15) is 34.3 Å². The smallest absolute Gasteiger partial charge is 0.421 e. The van der Waals surface area contributed by atoms with E-state index in [4.69, 9.17) is 18.9 Å². The molecule has 0 atom stereocenters. The highest BCUT2D eigenvalue weighted by molar-refractivity contribution is 5.95. The zero-order valence-corrected chi connectivity index (χ0v) is 20.3. The van der Waals surface area contributed by atoms with Crippen molar-refractivity contribution in [2.24, 2.45) is 0 Å². The molecule has 1 heterocycles. The largest absolute Gasteiger partial charge is 0.478 e. The number of carbonyl (C=O) groups is 1.